The maximum atomic E-state index is 8.82. The molecule has 0 amide bonds. The summed E-state index contributed by atoms with van der Waals surface area (Å²) in [5.74, 6) is 0.457. The first-order valence-corrected chi connectivity index (χ1v) is 5.83. The number of nitriles is 1. The number of nitrogens with one attached hydrogen (secondary N) is 1. The smallest absolute Gasteiger partial charge is 0.228 e. The van der Waals surface area contributed by atoms with Crippen molar-refractivity contribution in [3.05, 3.63) is 47.3 Å². The lowest BCUT2D eigenvalue weighted by Crippen LogP contribution is -2.02. The van der Waals surface area contributed by atoms with Gasteiger partial charge in [0.15, 0.2) is 0 Å². The number of hydrogen-bond donors (Lipinski definition) is 1. The van der Waals surface area contributed by atoms with E-state index in [-0.39, 0.29) is 0 Å². The fourth-order valence-corrected chi connectivity index (χ4v) is 1.80. The average Bonchev–Trinajstić information content (AvgIpc) is 2.41. The number of para-hydroxylation sites is 1. The van der Waals surface area contributed by atoms with E-state index in [1.165, 1.54) is 5.56 Å². The van der Waals surface area contributed by atoms with Crippen molar-refractivity contribution in [2.45, 2.75) is 20.3 Å². The first kappa shape index (κ1) is 12.1. The van der Waals surface area contributed by atoms with Crippen LogP contribution in [0.4, 0.5) is 11.6 Å². The molecule has 90 valence electrons. The van der Waals surface area contributed by atoms with Crippen LogP contribution in [0.15, 0.2) is 30.5 Å². The van der Waals surface area contributed by atoms with E-state index in [9.17, 15) is 0 Å². The van der Waals surface area contributed by atoms with Gasteiger partial charge in [-0.15, -0.1) is 0 Å². The second-order valence-electron chi connectivity index (χ2n) is 3.96. The summed E-state index contributed by atoms with van der Waals surface area (Å²) in [6, 6.07) is 9.74. The molecule has 0 unspecified atom stereocenters. The molecule has 4 nitrogen and oxygen atoms in total. The topological polar surface area (TPSA) is 61.6 Å². The molecule has 0 fully saturated rings. The van der Waals surface area contributed by atoms with E-state index < -0.39 is 0 Å². The molecular weight excluding hydrogens is 224 g/mol. The lowest BCUT2D eigenvalue weighted by molar-refractivity contribution is 1.10. The van der Waals surface area contributed by atoms with Crippen LogP contribution in [0.5, 0.6) is 0 Å². The van der Waals surface area contributed by atoms with Crippen molar-refractivity contribution < 1.29 is 0 Å². The van der Waals surface area contributed by atoms with Crippen LogP contribution in [-0.2, 0) is 6.42 Å². The van der Waals surface area contributed by atoms with Crippen molar-refractivity contribution in [3.63, 3.8) is 0 Å². The Hall–Kier alpha value is -2.41. The van der Waals surface area contributed by atoms with E-state index in [2.05, 4.69) is 28.3 Å². The van der Waals surface area contributed by atoms with Gasteiger partial charge < -0.3 is 5.32 Å². The van der Waals surface area contributed by atoms with Crippen LogP contribution in [0.2, 0.25) is 0 Å². The van der Waals surface area contributed by atoms with Gasteiger partial charge in [0.05, 0.1) is 0 Å². The fourth-order valence-electron chi connectivity index (χ4n) is 1.80. The van der Waals surface area contributed by atoms with Crippen molar-refractivity contribution in [1.82, 2.24) is 9.97 Å². The van der Waals surface area contributed by atoms with E-state index in [0.29, 0.717) is 11.6 Å². The lowest BCUT2D eigenvalue weighted by atomic mass is 10.1. The van der Waals surface area contributed by atoms with Gasteiger partial charge >= 0.3 is 0 Å². The van der Waals surface area contributed by atoms with Crippen molar-refractivity contribution in [1.29, 1.82) is 5.26 Å². The molecule has 4 heteroatoms. The summed E-state index contributed by atoms with van der Waals surface area (Å²) >= 11 is 0. The minimum atomic E-state index is 0.360. The highest BCUT2D eigenvalue weighted by Crippen LogP contribution is 2.23. The van der Waals surface area contributed by atoms with Crippen LogP contribution in [0, 0.1) is 18.3 Å². The zero-order valence-electron chi connectivity index (χ0n) is 10.4. The number of aromatic nitrogens is 2. The zero-order valence-corrected chi connectivity index (χ0v) is 10.4. The van der Waals surface area contributed by atoms with Gasteiger partial charge in [0.25, 0.3) is 0 Å². The van der Waals surface area contributed by atoms with Crippen LogP contribution in [0.25, 0.3) is 0 Å². The normalized spacial score (nSPS) is 9.83. The molecule has 1 aromatic carbocycles. The summed E-state index contributed by atoms with van der Waals surface area (Å²) in [6.07, 6.45) is 2.51. The quantitative estimate of drug-likeness (QED) is 0.893. The van der Waals surface area contributed by atoms with Crippen LogP contribution >= 0.6 is 0 Å². The van der Waals surface area contributed by atoms with E-state index in [1.54, 1.807) is 12.3 Å². The van der Waals surface area contributed by atoms with E-state index >= 15 is 0 Å². The highest BCUT2D eigenvalue weighted by Gasteiger charge is 2.06. The van der Waals surface area contributed by atoms with Crippen LogP contribution in [0.3, 0.4) is 0 Å². The van der Waals surface area contributed by atoms with E-state index in [4.69, 9.17) is 5.26 Å². The van der Waals surface area contributed by atoms with E-state index in [0.717, 1.165) is 17.7 Å². The summed E-state index contributed by atoms with van der Waals surface area (Å²) in [5, 5.41) is 12.0. The van der Waals surface area contributed by atoms with Gasteiger partial charge in [-0.25, -0.2) is 9.97 Å². The molecule has 2 rings (SSSR count). The van der Waals surface area contributed by atoms with Crippen LogP contribution in [-0.4, -0.2) is 9.97 Å². The zero-order chi connectivity index (χ0) is 13.0. The minimum absolute atomic E-state index is 0.360. The Morgan fingerprint density at radius 3 is 2.89 bits per heavy atom. The van der Waals surface area contributed by atoms with Gasteiger partial charge in [0.1, 0.15) is 11.8 Å². The highest BCUT2D eigenvalue weighted by molar-refractivity contribution is 5.63. The molecule has 0 radical (unpaired) electrons. The largest absolute Gasteiger partial charge is 0.324 e. The molecule has 0 spiro atoms. The van der Waals surface area contributed by atoms with Gasteiger partial charge in [-0.3, -0.25) is 0 Å². The van der Waals surface area contributed by atoms with Gasteiger partial charge in [0, 0.05) is 11.9 Å². The summed E-state index contributed by atoms with van der Waals surface area (Å²) < 4.78 is 0. The molecule has 18 heavy (non-hydrogen) atoms. The van der Waals surface area contributed by atoms with Gasteiger partial charge in [-0.1, -0.05) is 25.1 Å². The summed E-state index contributed by atoms with van der Waals surface area (Å²) in [4.78, 5) is 8.25. The molecule has 0 bridgehead atoms. The molecule has 0 aliphatic carbocycles. The van der Waals surface area contributed by atoms with Crippen LogP contribution in [0.1, 0.15) is 23.7 Å². The minimum Gasteiger partial charge on any atom is -0.324 e. The molecule has 0 saturated heterocycles. The van der Waals surface area contributed by atoms with Crippen molar-refractivity contribution >= 4 is 11.6 Å². The van der Waals surface area contributed by atoms with E-state index in [1.807, 2.05) is 25.1 Å². The Morgan fingerprint density at radius 2 is 2.17 bits per heavy atom. The number of nitrogens with zero attached hydrogens (tertiary/aromatic N) is 3. The molecule has 1 N–H and O–H groups in total. The number of benzene rings is 1. The number of aryl methyl sites for hydroxylation is 2. The Balaban J connectivity index is 2.37. The second-order valence-corrected chi connectivity index (χ2v) is 3.96. The predicted octanol–water partition coefficient (Wildman–Crippen LogP) is 2.96. The summed E-state index contributed by atoms with van der Waals surface area (Å²) in [6.45, 7) is 4.14. The molecule has 1 aromatic heterocycles. The first-order valence-electron chi connectivity index (χ1n) is 5.83. The van der Waals surface area contributed by atoms with Crippen molar-refractivity contribution in [2.24, 2.45) is 0 Å². The molecule has 0 aliphatic rings. The van der Waals surface area contributed by atoms with Gasteiger partial charge in [-0.2, -0.15) is 5.26 Å². The maximum absolute atomic E-state index is 8.82. The molecule has 0 atom stereocenters. The summed E-state index contributed by atoms with van der Waals surface area (Å²) in [5.41, 5.74) is 3.73. The number of rotatable bonds is 3. The molecule has 2 aromatic rings. The third kappa shape index (κ3) is 2.46. The third-order valence-electron chi connectivity index (χ3n) is 2.75. The average molecular weight is 238 g/mol. The fraction of sp³-hybridized carbons (Fsp3) is 0.214. The lowest BCUT2D eigenvalue weighted by Gasteiger charge is -2.12. The third-order valence-corrected chi connectivity index (χ3v) is 2.75. The molecule has 1 heterocycles. The van der Waals surface area contributed by atoms with Crippen molar-refractivity contribution in [3.8, 4) is 6.07 Å². The predicted molar refractivity (Wildman–Crippen MR) is 70.6 cm³/mol. The molecule has 0 saturated carbocycles. The Bertz CT molecular complexity index is 599. The Labute approximate surface area is 106 Å². The van der Waals surface area contributed by atoms with Crippen LogP contribution < -0.4 is 5.32 Å². The Morgan fingerprint density at radius 1 is 1.33 bits per heavy atom. The highest BCUT2D eigenvalue weighted by atomic mass is 15.1. The SMILES string of the molecule is CCc1cccc(C)c1Nc1nccc(C#N)n1. The second kappa shape index (κ2) is 5.28. The number of hydrogen-bond acceptors (Lipinski definition) is 4. The monoisotopic (exact) mass is 238 g/mol. The molecule has 0 aliphatic heterocycles. The van der Waals surface area contributed by atoms with Crippen molar-refractivity contribution in [2.75, 3.05) is 5.32 Å². The molecular formula is C14H14N4. The van der Waals surface area contributed by atoms with Gasteiger partial charge in [-0.05, 0) is 30.5 Å². The van der Waals surface area contributed by atoms with Gasteiger partial charge in [0.2, 0.25) is 5.95 Å². The standard InChI is InChI=1S/C14H14N4/c1-3-11-6-4-5-10(2)13(11)18-14-16-8-7-12(9-15)17-14/h4-8H,3H2,1-2H3,(H,16,17,18). The first-order chi connectivity index (χ1) is 8.74. The summed E-state index contributed by atoms with van der Waals surface area (Å²) in [7, 11) is 0. The maximum Gasteiger partial charge on any atom is 0.228 e. The number of anilines is 2. The Kier molecular flexibility index (Phi) is 3.54.